The average Bonchev–Trinajstić information content (AvgIpc) is 3.48. The molecule has 186 valence electrons. The molecule has 0 saturated carbocycles. The van der Waals surface area contributed by atoms with E-state index >= 15 is 0 Å². The standard InChI is InChI=1S/C34H33NS2/c1-20(2)15-23-11-12-26(27-13-14-36-32(23)27)28-19-31(35-33-29(28)16-21(3)37-33)24-17-22-9-7-8-10-25(22)30(18-24)34(4,5)6/h7-14,16-20H,15H2,1-6H3. The summed E-state index contributed by atoms with van der Waals surface area (Å²) in [7, 11) is 0. The maximum absolute atomic E-state index is 5.23. The molecule has 37 heavy (non-hydrogen) atoms. The van der Waals surface area contributed by atoms with Crippen LogP contribution in [0.4, 0.5) is 0 Å². The monoisotopic (exact) mass is 519 g/mol. The third kappa shape index (κ3) is 4.39. The molecule has 0 spiro atoms. The van der Waals surface area contributed by atoms with Crippen LogP contribution < -0.4 is 0 Å². The van der Waals surface area contributed by atoms with Gasteiger partial charge in [-0.05, 0) is 93.4 Å². The Morgan fingerprint density at radius 3 is 2.43 bits per heavy atom. The van der Waals surface area contributed by atoms with Crippen LogP contribution in [0.5, 0.6) is 0 Å². The van der Waals surface area contributed by atoms with Crippen molar-refractivity contribution in [2.75, 3.05) is 0 Å². The number of fused-ring (bicyclic) bond motifs is 3. The van der Waals surface area contributed by atoms with E-state index in [0.29, 0.717) is 5.92 Å². The molecule has 0 bridgehead atoms. The molecule has 0 amide bonds. The van der Waals surface area contributed by atoms with Crippen molar-refractivity contribution < 1.29 is 0 Å². The highest BCUT2D eigenvalue weighted by Gasteiger charge is 2.20. The van der Waals surface area contributed by atoms with Gasteiger partial charge in [-0.1, -0.05) is 71.0 Å². The smallest absolute Gasteiger partial charge is 0.124 e. The number of hydrogen-bond acceptors (Lipinski definition) is 3. The van der Waals surface area contributed by atoms with Crippen LogP contribution in [0.25, 0.3) is 53.5 Å². The highest BCUT2D eigenvalue weighted by molar-refractivity contribution is 7.18. The molecule has 0 atom stereocenters. The van der Waals surface area contributed by atoms with E-state index in [1.54, 1.807) is 11.3 Å². The number of rotatable bonds is 4. The molecule has 0 saturated heterocycles. The zero-order valence-corrected chi connectivity index (χ0v) is 24.1. The lowest BCUT2D eigenvalue weighted by atomic mass is 9.82. The quantitative estimate of drug-likeness (QED) is 0.226. The van der Waals surface area contributed by atoms with Crippen LogP contribution in [-0.4, -0.2) is 4.98 Å². The van der Waals surface area contributed by atoms with Crippen LogP contribution in [-0.2, 0) is 11.8 Å². The predicted octanol–water partition coefficient (Wildman–Crippen LogP) is 10.8. The fraction of sp³-hybridized carbons (Fsp3) is 0.265. The summed E-state index contributed by atoms with van der Waals surface area (Å²) in [4.78, 5) is 7.64. The first-order valence-corrected chi connectivity index (χ1v) is 14.8. The molecule has 1 nitrogen and oxygen atoms in total. The van der Waals surface area contributed by atoms with Gasteiger partial charge in [0.1, 0.15) is 4.83 Å². The second-order valence-electron chi connectivity index (χ2n) is 11.7. The summed E-state index contributed by atoms with van der Waals surface area (Å²) in [6, 6.07) is 25.1. The Kier molecular flexibility index (Phi) is 5.97. The summed E-state index contributed by atoms with van der Waals surface area (Å²) < 4.78 is 1.42. The van der Waals surface area contributed by atoms with Crippen molar-refractivity contribution >= 4 is 53.7 Å². The Bertz CT molecular complexity index is 1780. The summed E-state index contributed by atoms with van der Waals surface area (Å²) in [5.41, 5.74) is 7.70. The number of aromatic nitrogens is 1. The maximum Gasteiger partial charge on any atom is 0.124 e. The molecule has 3 heteroatoms. The molecule has 3 heterocycles. The highest BCUT2D eigenvalue weighted by Crippen LogP contribution is 2.42. The minimum atomic E-state index is 0.0388. The van der Waals surface area contributed by atoms with Crippen molar-refractivity contribution in [2.24, 2.45) is 5.92 Å². The minimum absolute atomic E-state index is 0.0388. The van der Waals surface area contributed by atoms with Crippen LogP contribution in [0.15, 0.2) is 72.1 Å². The first-order valence-electron chi connectivity index (χ1n) is 13.1. The van der Waals surface area contributed by atoms with Crippen LogP contribution >= 0.6 is 22.7 Å². The van der Waals surface area contributed by atoms with Gasteiger partial charge >= 0.3 is 0 Å². The van der Waals surface area contributed by atoms with Gasteiger partial charge in [0.25, 0.3) is 0 Å². The summed E-state index contributed by atoms with van der Waals surface area (Å²) in [6.45, 7) is 13.7. The molecular weight excluding hydrogens is 487 g/mol. The molecule has 0 fully saturated rings. The average molecular weight is 520 g/mol. The Morgan fingerprint density at radius 1 is 0.838 bits per heavy atom. The predicted molar refractivity (Wildman–Crippen MR) is 165 cm³/mol. The van der Waals surface area contributed by atoms with E-state index in [4.69, 9.17) is 4.98 Å². The maximum atomic E-state index is 5.23. The molecular formula is C34H33NS2. The molecule has 0 aliphatic rings. The lowest BCUT2D eigenvalue weighted by Crippen LogP contribution is -2.12. The minimum Gasteiger partial charge on any atom is -0.237 e. The third-order valence-corrected chi connectivity index (χ3v) is 9.15. The number of aryl methyl sites for hydroxylation is 1. The largest absolute Gasteiger partial charge is 0.237 e. The zero-order chi connectivity index (χ0) is 25.9. The molecule has 0 aliphatic carbocycles. The molecule has 6 aromatic rings. The van der Waals surface area contributed by atoms with Gasteiger partial charge in [0.15, 0.2) is 0 Å². The van der Waals surface area contributed by atoms with Gasteiger partial charge in [0, 0.05) is 25.9 Å². The highest BCUT2D eigenvalue weighted by atomic mass is 32.1. The number of nitrogens with zero attached hydrogens (tertiary/aromatic N) is 1. The van der Waals surface area contributed by atoms with Crippen LogP contribution in [0.1, 0.15) is 50.6 Å². The number of thiophene rings is 2. The summed E-state index contributed by atoms with van der Waals surface area (Å²) in [5.74, 6) is 0.639. The molecule has 0 aliphatic heterocycles. The van der Waals surface area contributed by atoms with E-state index in [1.165, 1.54) is 58.9 Å². The van der Waals surface area contributed by atoms with E-state index in [1.807, 2.05) is 11.3 Å². The Morgan fingerprint density at radius 2 is 1.65 bits per heavy atom. The number of benzene rings is 3. The second kappa shape index (κ2) is 9.08. The fourth-order valence-corrected chi connectivity index (χ4v) is 7.39. The lowest BCUT2D eigenvalue weighted by molar-refractivity contribution is 0.596. The van der Waals surface area contributed by atoms with E-state index in [2.05, 4.69) is 114 Å². The molecule has 3 aromatic carbocycles. The van der Waals surface area contributed by atoms with Crippen LogP contribution in [0.3, 0.4) is 0 Å². The Labute approximate surface area is 227 Å². The molecule has 3 aromatic heterocycles. The van der Waals surface area contributed by atoms with E-state index in [-0.39, 0.29) is 5.41 Å². The topological polar surface area (TPSA) is 12.9 Å². The molecule has 6 rings (SSSR count). The van der Waals surface area contributed by atoms with Gasteiger partial charge in [-0.15, -0.1) is 22.7 Å². The van der Waals surface area contributed by atoms with Crippen molar-refractivity contribution in [2.45, 2.75) is 53.4 Å². The number of hydrogen-bond donors (Lipinski definition) is 0. The molecule has 0 N–H and O–H groups in total. The fourth-order valence-electron chi connectivity index (χ4n) is 5.54. The zero-order valence-electron chi connectivity index (χ0n) is 22.5. The molecule has 0 radical (unpaired) electrons. The van der Waals surface area contributed by atoms with E-state index in [9.17, 15) is 0 Å². The van der Waals surface area contributed by atoms with Gasteiger partial charge in [0.2, 0.25) is 0 Å². The molecule has 0 unspecified atom stereocenters. The SMILES string of the molecule is Cc1cc2c(-c3ccc(CC(C)C)c4sccc34)cc(-c3cc(C(C)(C)C)c4ccccc4c3)nc2s1. The van der Waals surface area contributed by atoms with Crippen molar-refractivity contribution in [1.82, 2.24) is 4.98 Å². The van der Waals surface area contributed by atoms with Gasteiger partial charge in [0.05, 0.1) is 5.69 Å². The van der Waals surface area contributed by atoms with Crippen molar-refractivity contribution in [1.29, 1.82) is 0 Å². The van der Waals surface area contributed by atoms with Gasteiger partial charge in [-0.25, -0.2) is 4.98 Å². The summed E-state index contributed by atoms with van der Waals surface area (Å²) in [5, 5.41) is 7.46. The van der Waals surface area contributed by atoms with Gasteiger partial charge in [-0.2, -0.15) is 0 Å². The van der Waals surface area contributed by atoms with Crippen molar-refractivity contribution in [3.63, 3.8) is 0 Å². The number of pyridine rings is 1. The van der Waals surface area contributed by atoms with Crippen LogP contribution in [0, 0.1) is 12.8 Å². The van der Waals surface area contributed by atoms with Gasteiger partial charge < -0.3 is 0 Å². The summed E-state index contributed by atoms with van der Waals surface area (Å²) >= 11 is 3.66. The summed E-state index contributed by atoms with van der Waals surface area (Å²) in [6.07, 6.45) is 1.11. The normalized spacial score (nSPS) is 12.4. The second-order valence-corrected chi connectivity index (χ2v) is 13.8. The Hall–Kier alpha value is -3.01. The van der Waals surface area contributed by atoms with Crippen molar-refractivity contribution in [3.8, 4) is 22.4 Å². The lowest BCUT2D eigenvalue weighted by Gasteiger charge is -2.23. The first-order chi connectivity index (χ1) is 17.7. The van der Waals surface area contributed by atoms with Gasteiger partial charge in [-0.3, -0.25) is 0 Å². The van der Waals surface area contributed by atoms with E-state index < -0.39 is 0 Å². The first kappa shape index (κ1) is 24.3. The Balaban J connectivity index is 1.62. The van der Waals surface area contributed by atoms with Crippen LogP contribution in [0.2, 0.25) is 0 Å². The van der Waals surface area contributed by atoms with Crippen molar-refractivity contribution in [3.05, 3.63) is 88.1 Å². The van der Waals surface area contributed by atoms with E-state index in [0.717, 1.165) is 16.9 Å². The third-order valence-electron chi connectivity index (χ3n) is 7.21.